The van der Waals surface area contributed by atoms with E-state index in [1.54, 1.807) is 20.8 Å². The maximum atomic E-state index is 12.9. The molecule has 196 valence electrons. The summed E-state index contributed by atoms with van der Waals surface area (Å²) < 4.78 is 18.9. The summed E-state index contributed by atoms with van der Waals surface area (Å²) in [6, 6.07) is 0. The van der Waals surface area contributed by atoms with Crippen LogP contribution < -0.4 is 11.2 Å². The van der Waals surface area contributed by atoms with Gasteiger partial charge in [0.25, 0.3) is 5.56 Å². The van der Waals surface area contributed by atoms with E-state index in [0.717, 1.165) is 4.57 Å². The van der Waals surface area contributed by atoms with Crippen molar-refractivity contribution in [2.24, 2.45) is 5.92 Å². The predicted octanol–water partition coefficient (Wildman–Crippen LogP) is -2.00. The maximum Gasteiger partial charge on any atom is 0.410 e. The van der Waals surface area contributed by atoms with Crippen LogP contribution in [0.25, 0.3) is 0 Å². The molecule has 4 heterocycles. The SMILES string of the molecule is Cc1cn([C@@]2([C@@H]3O[C@@]4(CO)CN(C(=O)OC(C)(C)C)C[C@@H]3[C@@H]4O)C[C@H](O)[C@@H](CO)O2)c(=O)[nH]c1=O. The van der Waals surface area contributed by atoms with E-state index in [-0.39, 0.29) is 25.1 Å². The fraction of sp³-hybridized carbons (Fsp3) is 0.773. The van der Waals surface area contributed by atoms with Crippen molar-refractivity contribution in [3.63, 3.8) is 0 Å². The van der Waals surface area contributed by atoms with Crippen LogP contribution in [0.15, 0.2) is 15.8 Å². The van der Waals surface area contributed by atoms with Gasteiger partial charge in [-0.2, -0.15) is 0 Å². The van der Waals surface area contributed by atoms with Crippen LogP contribution in [0.3, 0.4) is 0 Å². The number of nitrogens with zero attached hydrogens (tertiary/aromatic N) is 2. The molecule has 3 saturated heterocycles. The van der Waals surface area contributed by atoms with E-state index in [2.05, 4.69) is 4.98 Å². The summed E-state index contributed by atoms with van der Waals surface area (Å²) in [5.41, 5.74) is -5.41. The Morgan fingerprint density at radius 3 is 2.51 bits per heavy atom. The fourth-order valence-electron chi connectivity index (χ4n) is 5.31. The number of amides is 1. The largest absolute Gasteiger partial charge is 0.444 e. The standard InChI is InChI=1S/C22H33N3O10/c1-11-6-25(18(31)23-17(11)30)22(5-13(28)14(8-26)33-22)16-12-7-24(19(32)35-20(2,3)4)9-21(10-27,34-16)15(12)29/h6,12-16,26-29H,5,7-10H2,1-4H3,(H,23,30,31)/t12-,13+,14-,15+,16-,21-,22+/m1/s1. The molecule has 4 rings (SSSR count). The summed E-state index contributed by atoms with van der Waals surface area (Å²) >= 11 is 0. The van der Waals surface area contributed by atoms with Crippen molar-refractivity contribution in [1.82, 2.24) is 14.5 Å². The first kappa shape index (κ1) is 25.8. The smallest absolute Gasteiger partial charge is 0.410 e. The molecule has 3 fully saturated rings. The number of aliphatic hydroxyl groups excluding tert-OH is 4. The van der Waals surface area contributed by atoms with Crippen molar-refractivity contribution in [1.29, 1.82) is 0 Å². The number of ether oxygens (including phenoxy) is 3. The van der Waals surface area contributed by atoms with Crippen molar-refractivity contribution < 1.29 is 39.4 Å². The second-order valence-corrected chi connectivity index (χ2v) is 10.6. The van der Waals surface area contributed by atoms with E-state index >= 15 is 0 Å². The summed E-state index contributed by atoms with van der Waals surface area (Å²) in [7, 11) is 0. The highest BCUT2D eigenvalue weighted by Crippen LogP contribution is 2.51. The first-order chi connectivity index (χ1) is 16.3. The van der Waals surface area contributed by atoms with Gasteiger partial charge in [0, 0.05) is 30.6 Å². The Balaban J connectivity index is 1.81. The van der Waals surface area contributed by atoms with Crippen molar-refractivity contribution in [2.45, 2.75) is 75.5 Å². The molecule has 13 nitrogen and oxygen atoms in total. The van der Waals surface area contributed by atoms with Gasteiger partial charge < -0.3 is 39.5 Å². The number of rotatable bonds is 4. The number of aromatic nitrogens is 2. The lowest BCUT2D eigenvalue weighted by Gasteiger charge is -2.41. The summed E-state index contributed by atoms with van der Waals surface area (Å²) in [5, 5.41) is 41.8. The van der Waals surface area contributed by atoms with Gasteiger partial charge in [-0.25, -0.2) is 9.59 Å². The lowest BCUT2D eigenvalue weighted by Crippen LogP contribution is -2.61. The number of hydrogen-bond acceptors (Lipinski definition) is 10. The number of nitrogens with one attached hydrogen (secondary N) is 1. The van der Waals surface area contributed by atoms with E-state index in [1.807, 2.05) is 0 Å². The number of aryl methyl sites for hydroxylation is 1. The van der Waals surface area contributed by atoms with Gasteiger partial charge in [0.05, 0.1) is 32.0 Å². The Morgan fingerprint density at radius 2 is 1.94 bits per heavy atom. The summed E-state index contributed by atoms with van der Waals surface area (Å²) in [5.74, 6) is -0.868. The van der Waals surface area contributed by atoms with Crippen LogP contribution in [0.5, 0.6) is 0 Å². The highest BCUT2D eigenvalue weighted by Gasteiger charge is 2.67. The highest BCUT2D eigenvalue weighted by molar-refractivity contribution is 5.68. The van der Waals surface area contributed by atoms with E-state index in [9.17, 15) is 34.8 Å². The van der Waals surface area contributed by atoms with Crippen molar-refractivity contribution in [3.8, 4) is 0 Å². The molecular weight excluding hydrogens is 466 g/mol. The number of aliphatic hydroxyl groups is 4. The first-order valence-electron chi connectivity index (χ1n) is 11.5. The quantitative estimate of drug-likeness (QED) is 0.310. The molecule has 3 aliphatic rings. The Kier molecular flexibility index (Phi) is 6.39. The average molecular weight is 500 g/mol. The second kappa shape index (κ2) is 8.68. The Labute approximate surface area is 200 Å². The van der Waals surface area contributed by atoms with Crippen molar-refractivity contribution >= 4 is 6.09 Å². The Hall–Kier alpha value is -2.29. The third-order valence-electron chi connectivity index (χ3n) is 6.94. The summed E-state index contributed by atoms with van der Waals surface area (Å²) in [6.45, 7) is 5.17. The maximum absolute atomic E-state index is 12.9. The predicted molar refractivity (Wildman–Crippen MR) is 119 cm³/mol. The van der Waals surface area contributed by atoms with Crippen LogP contribution in [0.1, 0.15) is 32.8 Å². The van der Waals surface area contributed by atoms with Gasteiger partial charge in [-0.1, -0.05) is 0 Å². The van der Waals surface area contributed by atoms with Crippen LogP contribution in [-0.4, -0.2) is 103 Å². The van der Waals surface area contributed by atoms with Crippen LogP contribution in [-0.2, 0) is 19.9 Å². The molecule has 2 bridgehead atoms. The molecule has 7 atom stereocenters. The van der Waals surface area contributed by atoms with Crippen molar-refractivity contribution in [2.75, 3.05) is 26.3 Å². The molecule has 13 heteroatoms. The molecule has 3 aliphatic heterocycles. The van der Waals surface area contributed by atoms with Gasteiger partial charge in [0.15, 0.2) is 5.72 Å². The molecule has 0 saturated carbocycles. The molecule has 0 radical (unpaired) electrons. The lowest BCUT2D eigenvalue weighted by atomic mass is 9.80. The molecule has 1 aromatic rings. The fourth-order valence-corrected chi connectivity index (χ4v) is 5.31. The molecule has 5 N–H and O–H groups in total. The van der Waals surface area contributed by atoms with Gasteiger partial charge in [-0.3, -0.25) is 14.3 Å². The number of aromatic amines is 1. The van der Waals surface area contributed by atoms with E-state index < -0.39 is 77.8 Å². The molecule has 1 aromatic heterocycles. The lowest BCUT2D eigenvalue weighted by molar-refractivity contribution is -0.215. The molecule has 0 unspecified atom stereocenters. The van der Waals surface area contributed by atoms with E-state index in [1.165, 1.54) is 18.0 Å². The van der Waals surface area contributed by atoms with Gasteiger partial charge in [0.1, 0.15) is 23.4 Å². The van der Waals surface area contributed by atoms with Gasteiger partial charge >= 0.3 is 11.8 Å². The van der Waals surface area contributed by atoms with Crippen LogP contribution in [0.2, 0.25) is 0 Å². The van der Waals surface area contributed by atoms with E-state index in [0.29, 0.717) is 0 Å². The normalized spacial score (nSPS) is 37.0. The molecule has 0 aliphatic carbocycles. The number of likely N-dealkylation sites (tertiary alicyclic amines) is 1. The van der Waals surface area contributed by atoms with Crippen molar-refractivity contribution in [3.05, 3.63) is 32.6 Å². The van der Waals surface area contributed by atoms with Gasteiger partial charge in [-0.05, 0) is 27.7 Å². The monoisotopic (exact) mass is 499 g/mol. The third-order valence-corrected chi connectivity index (χ3v) is 6.94. The van der Waals surface area contributed by atoms with Gasteiger partial charge in [0.2, 0.25) is 0 Å². The van der Waals surface area contributed by atoms with Crippen LogP contribution in [0.4, 0.5) is 4.79 Å². The molecule has 35 heavy (non-hydrogen) atoms. The molecule has 1 amide bonds. The topological polar surface area (TPSA) is 184 Å². The highest BCUT2D eigenvalue weighted by atomic mass is 16.6. The van der Waals surface area contributed by atoms with Gasteiger partial charge in [-0.15, -0.1) is 0 Å². The van der Waals surface area contributed by atoms with Crippen LogP contribution >= 0.6 is 0 Å². The number of H-pyrrole nitrogens is 1. The first-order valence-corrected chi connectivity index (χ1v) is 11.5. The third kappa shape index (κ3) is 4.19. The molecule has 0 spiro atoms. The van der Waals surface area contributed by atoms with Crippen LogP contribution in [0, 0.1) is 12.8 Å². The molecular formula is C22H33N3O10. The second-order valence-electron chi connectivity index (χ2n) is 10.6. The minimum Gasteiger partial charge on any atom is -0.444 e. The zero-order valence-electron chi connectivity index (χ0n) is 20.1. The minimum absolute atomic E-state index is 0.0510. The summed E-state index contributed by atoms with van der Waals surface area (Å²) in [4.78, 5) is 41.3. The zero-order chi connectivity index (χ0) is 25.9. The number of carbonyl (C=O) groups excluding carboxylic acids is 1. The summed E-state index contributed by atoms with van der Waals surface area (Å²) in [6.07, 6.45) is -4.29. The average Bonchev–Trinajstić information content (AvgIpc) is 3.16. The number of piperidine rings is 1. The zero-order valence-corrected chi connectivity index (χ0v) is 20.1. The number of hydrogen-bond donors (Lipinski definition) is 5. The Bertz CT molecular complexity index is 1100. The number of carbonyl (C=O) groups is 1. The number of fused-ring (bicyclic) bond motifs is 2. The van der Waals surface area contributed by atoms with E-state index in [4.69, 9.17) is 14.2 Å². The Morgan fingerprint density at radius 1 is 1.26 bits per heavy atom. The minimum atomic E-state index is -1.76. The molecule has 0 aromatic carbocycles.